The Morgan fingerprint density at radius 3 is 2.43 bits per heavy atom. The van der Waals surface area contributed by atoms with Crippen LogP contribution >= 0.6 is 34.9 Å². The van der Waals surface area contributed by atoms with Crippen LogP contribution in [0.25, 0.3) is 10.2 Å². The second kappa shape index (κ2) is 9.69. The van der Waals surface area contributed by atoms with E-state index in [-0.39, 0.29) is 5.91 Å². The minimum absolute atomic E-state index is 0.0314. The number of anilines is 1. The maximum atomic E-state index is 13.5. The van der Waals surface area contributed by atoms with Gasteiger partial charge in [0.05, 0.1) is 16.8 Å². The molecule has 4 aromatic rings. The van der Waals surface area contributed by atoms with Crippen LogP contribution in [0, 0.1) is 0 Å². The van der Waals surface area contributed by atoms with Crippen molar-refractivity contribution in [3.8, 4) is 0 Å². The highest BCUT2D eigenvalue weighted by Crippen LogP contribution is 2.33. The number of hydrogen-bond acceptors (Lipinski definition) is 5. The van der Waals surface area contributed by atoms with Gasteiger partial charge in [-0.25, -0.2) is 4.98 Å². The maximum Gasteiger partial charge on any atom is 0.260 e. The molecule has 0 bridgehead atoms. The lowest BCUT2D eigenvalue weighted by atomic mass is 10.1. The minimum Gasteiger partial charge on any atom is -0.279 e. The third kappa shape index (κ3) is 4.72. The number of fused-ring (bicyclic) bond motifs is 1. The molecule has 3 aromatic carbocycles. The largest absolute Gasteiger partial charge is 0.279 e. The number of thioether (sulfide) groups is 2. The number of thiazole rings is 1. The molecule has 0 aliphatic rings. The predicted octanol–water partition coefficient (Wildman–Crippen LogP) is 6.98. The molecule has 152 valence electrons. The van der Waals surface area contributed by atoms with Gasteiger partial charge in [0, 0.05) is 15.4 Å². The Kier molecular flexibility index (Phi) is 6.77. The Labute approximate surface area is 189 Å². The van der Waals surface area contributed by atoms with Crippen LogP contribution in [0.4, 0.5) is 5.13 Å². The number of carbonyl (C=O) groups is 1. The fourth-order valence-electron chi connectivity index (χ4n) is 3.14. The van der Waals surface area contributed by atoms with Gasteiger partial charge in [0.2, 0.25) is 0 Å². The monoisotopic (exact) mass is 450 g/mol. The topological polar surface area (TPSA) is 33.2 Å². The van der Waals surface area contributed by atoms with Crippen molar-refractivity contribution in [2.45, 2.75) is 23.3 Å². The van der Waals surface area contributed by atoms with Crippen LogP contribution in [-0.4, -0.2) is 22.9 Å². The first kappa shape index (κ1) is 21.0. The highest BCUT2D eigenvalue weighted by Gasteiger charge is 2.22. The van der Waals surface area contributed by atoms with Gasteiger partial charge in [0.25, 0.3) is 5.91 Å². The maximum absolute atomic E-state index is 13.5. The van der Waals surface area contributed by atoms with Crippen LogP contribution in [0.2, 0.25) is 0 Å². The summed E-state index contributed by atoms with van der Waals surface area (Å²) in [4.78, 5) is 22.5. The smallest absolute Gasteiger partial charge is 0.260 e. The quantitative estimate of drug-likeness (QED) is 0.284. The zero-order valence-electron chi connectivity index (χ0n) is 16.9. The van der Waals surface area contributed by atoms with Gasteiger partial charge in [-0.1, -0.05) is 48.6 Å². The van der Waals surface area contributed by atoms with Crippen molar-refractivity contribution in [3.63, 3.8) is 0 Å². The van der Waals surface area contributed by atoms with E-state index in [0.717, 1.165) is 26.7 Å². The molecule has 0 spiro atoms. The summed E-state index contributed by atoms with van der Waals surface area (Å²) >= 11 is 5.05. The Balaban J connectivity index is 1.71. The van der Waals surface area contributed by atoms with Crippen LogP contribution < -0.4 is 4.90 Å². The Morgan fingerprint density at radius 1 is 1.00 bits per heavy atom. The molecule has 3 nitrogen and oxygen atoms in total. The number of benzene rings is 3. The van der Waals surface area contributed by atoms with Gasteiger partial charge < -0.3 is 0 Å². The highest BCUT2D eigenvalue weighted by molar-refractivity contribution is 7.99. The fourth-order valence-corrected chi connectivity index (χ4v) is 5.32. The minimum atomic E-state index is -0.0314. The average Bonchev–Trinajstić information content (AvgIpc) is 3.21. The van der Waals surface area contributed by atoms with E-state index in [1.54, 1.807) is 39.8 Å². The second-order valence-electron chi connectivity index (χ2n) is 6.66. The lowest BCUT2D eigenvalue weighted by molar-refractivity contribution is 0.0985. The Hall–Kier alpha value is -2.28. The zero-order chi connectivity index (χ0) is 20.9. The summed E-state index contributed by atoms with van der Waals surface area (Å²) in [6.45, 7) is 2.61. The number of nitrogens with zero attached hydrogens (tertiary/aromatic N) is 2. The van der Waals surface area contributed by atoms with Gasteiger partial charge in [-0.05, 0) is 60.0 Å². The van der Waals surface area contributed by atoms with Crippen LogP contribution in [0.3, 0.4) is 0 Å². The molecule has 30 heavy (non-hydrogen) atoms. The van der Waals surface area contributed by atoms with E-state index in [4.69, 9.17) is 4.98 Å². The molecular formula is C24H22N2OS3. The van der Waals surface area contributed by atoms with E-state index in [9.17, 15) is 4.79 Å². The highest BCUT2D eigenvalue weighted by atomic mass is 32.2. The van der Waals surface area contributed by atoms with E-state index < -0.39 is 0 Å². The van der Waals surface area contributed by atoms with E-state index in [2.05, 4.69) is 25.3 Å². The summed E-state index contributed by atoms with van der Waals surface area (Å²) in [6.07, 6.45) is 2.06. The third-order valence-corrected chi connectivity index (χ3v) is 7.32. The van der Waals surface area contributed by atoms with Gasteiger partial charge in [-0.2, -0.15) is 0 Å². The van der Waals surface area contributed by atoms with Gasteiger partial charge in [-0.3, -0.25) is 9.69 Å². The van der Waals surface area contributed by atoms with Crippen molar-refractivity contribution in [2.75, 3.05) is 16.9 Å². The van der Waals surface area contributed by atoms with Crippen LogP contribution in [0.5, 0.6) is 0 Å². The summed E-state index contributed by atoms with van der Waals surface area (Å²) in [7, 11) is 0. The molecule has 0 aliphatic carbocycles. The Morgan fingerprint density at radius 2 is 1.73 bits per heavy atom. The molecule has 4 rings (SSSR count). The van der Waals surface area contributed by atoms with Crippen molar-refractivity contribution in [3.05, 3.63) is 83.9 Å². The third-order valence-electron chi connectivity index (χ3n) is 4.66. The van der Waals surface area contributed by atoms with E-state index in [1.807, 2.05) is 60.7 Å². The average molecular weight is 451 g/mol. The molecule has 0 atom stereocenters. The summed E-state index contributed by atoms with van der Waals surface area (Å²) in [5.41, 5.74) is 2.68. The van der Waals surface area contributed by atoms with Crippen molar-refractivity contribution >= 4 is 56.1 Å². The molecular weight excluding hydrogens is 428 g/mol. The van der Waals surface area contributed by atoms with Crippen molar-refractivity contribution in [1.29, 1.82) is 0 Å². The van der Waals surface area contributed by atoms with Crippen LogP contribution in [-0.2, 0) is 6.54 Å². The molecule has 0 N–H and O–H groups in total. The molecule has 0 unspecified atom stereocenters. The number of hydrogen-bond donors (Lipinski definition) is 0. The first-order valence-corrected chi connectivity index (χ1v) is 12.7. The normalized spacial score (nSPS) is 11.0. The van der Waals surface area contributed by atoms with Crippen molar-refractivity contribution in [1.82, 2.24) is 4.98 Å². The van der Waals surface area contributed by atoms with E-state index in [0.29, 0.717) is 12.1 Å². The summed E-state index contributed by atoms with van der Waals surface area (Å²) in [5, 5.41) is 0.726. The lowest BCUT2D eigenvalue weighted by Crippen LogP contribution is -2.30. The number of carbonyl (C=O) groups excluding carboxylic acids is 1. The SMILES string of the molecule is CCSc1ccc(C(=O)N(Cc2ccccc2)c2nc3ccc(SC)cc3s2)cc1. The first-order valence-electron chi connectivity index (χ1n) is 9.71. The molecule has 1 amide bonds. The molecule has 0 saturated heterocycles. The fraction of sp³-hybridized carbons (Fsp3) is 0.167. The zero-order valence-corrected chi connectivity index (χ0v) is 19.3. The predicted molar refractivity (Wildman–Crippen MR) is 131 cm³/mol. The molecule has 0 fully saturated rings. The van der Waals surface area contributed by atoms with Crippen molar-refractivity contribution < 1.29 is 4.79 Å². The standard InChI is InChI=1S/C24H22N2OS3/c1-3-29-19-11-9-18(10-12-19)23(27)26(16-17-7-5-4-6-8-17)24-25-21-14-13-20(28-2)15-22(21)30-24/h4-15H,3,16H2,1-2H3. The van der Waals surface area contributed by atoms with Gasteiger partial charge >= 0.3 is 0 Å². The summed E-state index contributed by atoms with van der Waals surface area (Å²) in [6, 6.07) is 24.2. The number of amides is 1. The van der Waals surface area contributed by atoms with Gasteiger partial charge in [-0.15, -0.1) is 23.5 Å². The Bertz CT molecular complexity index is 1140. The van der Waals surface area contributed by atoms with E-state index in [1.165, 1.54) is 9.79 Å². The van der Waals surface area contributed by atoms with Crippen LogP contribution in [0.1, 0.15) is 22.8 Å². The molecule has 0 aliphatic heterocycles. The first-order chi connectivity index (χ1) is 14.7. The van der Waals surface area contributed by atoms with Crippen molar-refractivity contribution in [2.24, 2.45) is 0 Å². The van der Waals surface area contributed by atoms with E-state index >= 15 is 0 Å². The van der Waals surface area contributed by atoms with Gasteiger partial charge in [0.15, 0.2) is 5.13 Å². The van der Waals surface area contributed by atoms with Gasteiger partial charge in [0.1, 0.15) is 0 Å². The number of rotatable bonds is 7. The molecule has 6 heteroatoms. The molecule has 0 radical (unpaired) electrons. The molecule has 1 aromatic heterocycles. The second-order valence-corrected chi connectivity index (χ2v) is 9.89. The lowest BCUT2D eigenvalue weighted by Gasteiger charge is -2.20. The van der Waals surface area contributed by atoms with Crippen LogP contribution in [0.15, 0.2) is 82.6 Å². The molecule has 0 saturated carbocycles. The number of aromatic nitrogens is 1. The summed E-state index contributed by atoms with van der Waals surface area (Å²) in [5.74, 6) is 0.980. The summed E-state index contributed by atoms with van der Waals surface area (Å²) < 4.78 is 1.09. The molecule has 1 heterocycles.